The number of hydrogen-bond acceptors (Lipinski definition) is 2. The number of aryl methyl sites for hydroxylation is 1. The molecule has 0 radical (unpaired) electrons. The summed E-state index contributed by atoms with van der Waals surface area (Å²) in [7, 11) is 2.21. The zero-order valence-corrected chi connectivity index (χ0v) is 14.6. The second-order valence-electron chi connectivity index (χ2n) is 6.86. The van der Waals surface area contributed by atoms with Gasteiger partial charge >= 0.3 is 0 Å². The molecule has 0 N–H and O–H groups in total. The van der Waals surface area contributed by atoms with Crippen LogP contribution in [0.4, 0.5) is 0 Å². The van der Waals surface area contributed by atoms with Gasteiger partial charge in [-0.3, -0.25) is 4.98 Å². The van der Waals surface area contributed by atoms with E-state index in [1.807, 2.05) is 18.5 Å². The largest absolute Gasteiger partial charge is 0.320 e. The average molecular weight is 317 g/mol. The summed E-state index contributed by atoms with van der Waals surface area (Å²) in [4.78, 5) is 6.66. The molecule has 3 heterocycles. The van der Waals surface area contributed by atoms with Gasteiger partial charge in [0.05, 0.1) is 5.52 Å². The lowest BCUT2D eigenvalue weighted by molar-refractivity contribution is 0.312. The summed E-state index contributed by atoms with van der Waals surface area (Å²) in [6.45, 7) is 6.48. The molecule has 3 aromatic rings. The van der Waals surface area contributed by atoms with Crippen LogP contribution in [0.15, 0.2) is 42.7 Å². The van der Waals surface area contributed by atoms with Gasteiger partial charge in [0.2, 0.25) is 0 Å². The van der Waals surface area contributed by atoms with Crippen molar-refractivity contribution in [2.24, 2.45) is 0 Å². The van der Waals surface area contributed by atoms with Crippen molar-refractivity contribution in [1.82, 2.24) is 14.5 Å². The Morgan fingerprint density at radius 1 is 1.25 bits per heavy atom. The molecule has 4 rings (SSSR count). The molecule has 1 aliphatic rings. The Morgan fingerprint density at radius 2 is 2.12 bits per heavy atom. The van der Waals surface area contributed by atoms with Crippen LogP contribution in [0.3, 0.4) is 0 Å². The molecule has 0 bridgehead atoms. The topological polar surface area (TPSA) is 21.1 Å². The molecule has 0 spiro atoms. The van der Waals surface area contributed by atoms with Crippen LogP contribution >= 0.6 is 0 Å². The van der Waals surface area contributed by atoms with Gasteiger partial charge in [0.25, 0.3) is 0 Å². The van der Waals surface area contributed by atoms with E-state index in [1.54, 1.807) is 0 Å². The van der Waals surface area contributed by atoms with Gasteiger partial charge in [-0.1, -0.05) is 17.7 Å². The van der Waals surface area contributed by atoms with Gasteiger partial charge < -0.3 is 9.47 Å². The fourth-order valence-electron chi connectivity index (χ4n) is 3.65. The molecule has 0 fully saturated rings. The molecule has 2 aromatic heterocycles. The van der Waals surface area contributed by atoms with Crippen LogP contribution in [0, 0.1) is 6.92 Å². The first-order valence-electron chi connectivity index (χ1n) is 8.53. The van der Waals surface area contributed by atoms with E-state index in [1.165, 1.54) is 38.9 Å². The lowest BCUT2D eigenvalue weighted by atomic mass is 10.0. The van der Waals surface area contributed by atoms with Crippen LogP contribution in [0.5, 0.6) is 0 Å². The maximum atomic E-state index is 4.25. The van der Waals surface area contributed by atoms with E-state index in [9.17, 15) is 0 Å². The van der Waals surface area contributed by atoms with E-state index in [2.05, 4.69) is 65.8 Å². The maximum absolute atomic E-state index is 4.25. The molecule has 1 aliphatic heterocycles. The van der Waals surface area contributed by atoms with Gasteiger partial charge in [0.1, 0.15) is 0 Å². The van der Waals surface area contributed by atoms with E-state index in [-0.39, 0.29) is 0 Å². The maximum Gasteiger partial charge on any atom is 0.0529 e. The second kappa shape index (κ2) is 5.91. The number of hydrogen-bond donors (Lipinski definition) is 0. The highest BCUT2D eigenvalue weighted by Gasteiger charge is 2.21. The van der Waals surface area contributed by atoms with Crippen LogP contribution in [0.2, 0.25) is 0 Å². The van der Waals surface area contributed by atoms with E-state index < -0.39 is 0 Å². The summed E-state index contributed by atoms with van der Waals surface area (Å²) >= 11 is 0. The molecule has 3 heteroatoms. The number of allylic oxidation sites excluding steroid dienone is 1. The number of aromatic nitrogens is 2. The Morgan fingerprint density at radius 3 is 2.92 bits per heavy atom. The molecule has 24 heavy (non-hydrogen) atoms. The van der Waals surface area contributed by atoms with Crippen molar-refractivity contribution in [2.75, 3.05) is 13.6 Å². The number of rotatable bonds is 2. The van der Waals surface area contributed by atoms with Crippen molar-refractivity contribution < 1.29 is 0 Å². The second-order valence-corrected chi connectivity index (χ2v) is 6.86. The third kappa shape index (κ3) is 2.55. The molecular formula is C21H23N3. The van der Waals surface area contributed by atoms with Gasteiger partial charge in [-0.05, 0) is 55.8 Å². The highest BCUT2D eigenvalue weighted by Crippen LogP contribution is 2.32. The Bertz CT molecular complexity index is 919. The Labute approximate surface area is 143 Å². The number of benzene rings is 1. The van der Waals surface area contributed by atoms with Gasteiger partial charge in [0.15, 0.2) is 0 Å². The molecule has 0 atom stereocenters. The van der Waals surface area contributed by atoms with Crippen LogP contribution in [-0.4, -0.2) is 28.0 Å². The third-order valence-electron chi connectivity index (χ3n) is 4.97. The smallest absolute Gasteiger partial charge is 0.0529 e. The third-order valence-corrected chi connectivity index (χ3v) is 4.97. The first kappa shape index (κ1) is 15.2. The van der Waals surface area contributed by atoms with Gasteiger partial charge in [-0.15, -0.1) is 0 Å². The van der Waals surface area contributed by atoms with Crippen molar-refractivity contribution in [3.05, 3.63) is 65.1 Å². The fraction of sp³-hybridized carbons (Fsp3) is 0.286. The summed E-state index contributed by atoms with van der Waals surface area (Å²) in [6, 6.07) is 10.9. The molecular weight excluding hydrogens is 294 g/mol. The SMILES string of the molecule is C/C(=C/n1c2c(c3cc(C)ccc31)CN(C)CC2)c1cccnc1. The number of likely N-dealkylation sites (N-methyl/N-ethyl adjacent to an activating group) is 1. The summed E-state index contributed by atoms with van der Waals surface area (Å²) in [5.74, 6) is 0. The van der Waals surface area contributed by atoms with Crippen LogP contribution < -0.4 is 0 Å². The van der Waals surface area contributed by atoms with E-state index in [4.69, 9.17) is 0 Å². The molecule has 0 amide bonds. The molecule has 3 nitrogen and oxygen atoms in total. The fourth-order valence-corrected chi connectivity index (χ4v) is 3.65. The monoisotopic (exact) mass is 317 g/mol. The van der Waals surface area contributed by atoms with E-state index in [0.29, 0.717) is 0 Å². The molecule has 122 valence electrons. The van der Waals surface area contributed by atoms with Gasteiger partial charge in [0, 0.05) is 49.2 Å². The molecule has 0 unspecified atom stereocenters. The van der Waals surface area contributed by atoms with Crippen LogP contribution in [-0.2, 0) is 13.0 Å². The molecule has 0 saturated carbocycles. The lowest BCUT2D eigenvalue weighted by Gasteiger charge is -2.23. The zero-order valence-electron chi connectivity index (χ0n) is 14.6. The lowest BCUT2D eigenvalue weighted by Crippen LogP contribution is -2.26. The van der Waals surface area contributed by atoms with Crippen molar-refractivity contribution in [3.8, 4) is 0 Å². The van der Waals surface area contributed by atoms with E-state index >= 15 is 0 Å². The predicted molar refractivity (Wildman–Crippen MR) is 101 cm³/mol. The average Bonchev–Trinajstić information content (AvgIpc) is 2.88. The highest BCUT2D eigenvalue weighted by molar-refractivity contribution is 5.90. The molecule has 0 saturated heterocycles. The minimum Gasteiger partial charge on any atom is -0.320 e. The van der Waals surface area contributed by atoms with Gasteiger partial charge in [-0.25, -0.2) is 0 Å². The first-order chi connectivity index (χ1) is 11.6. The molecule has 0 aliphatic carbocycles. The summed E-state index contributed by atoms with van der Waals surface area (Å²) in [5, 5.41) is 1.40. The first-order valence-corrected chi connectivity index (χ1v) is 8.53. The summed E-state index contributed by atoms with van der Waals surface area (Å²) in [6.07, 6.45) is 7.12. The highest BCUT2D eigenvalue weighted by atomic mass is 15.1. The van der Waals surface area contributed by atoms with Gasteiger partial charge in [-0.2, -0.15) is 0 Å². The summed E-state index contributed by atoms with van der Waals surface area (Å²) in [5.41, 5.74) is 7.98. The number of pyridine rings is 1. The normalized spacial score (nSPS) is 15.7. The van der Waals surface area contributed by atoms with Crippen LogP contribution in [0.1, 0.15) is 29.3 Å². The van der Waals surface area contributed by atoms with Crippen LogP contribution in [0.25, 0.3) is 22.7 Å². The van der Waals surface area contributed by atoms with Crippen molar-refractivity contribution in [2.45, 2.75) is 26.8 Å². The van der Waals surface area contributed by atoms with E-state index in [0.717, 1.165) is 19.5 Å². The Balaban J connectivity index is 1.92. The Hall–Kier alpha value is -2.39. The standard InChI is InChI=1S/C21H23N3/c1-15-6-7-20-18(11-15)19-14-23(3)10-8-21(19)24(20)13-16(2)17-5-4-9-22-12-17/h4-7,9,11-13H,8,10,14H2,1-3H3/b16-13-. The number of nitrogens with zero attached hydrogens (tertiary/aromatic N) is 3. The Kier molecular flexibility index (Phi) is 3.73. The van der Waals surface area contributed by atoms with Crippen molar-refractivity contribution >= 4 is 22.7 Å². The molecule has 1 aromatic carbocycles. The van der Waals surface area contributed by atoms with Crippen molar-refractivity contribution in [1.29, 1.82) is 0 Å². The predicted octanol–water partition coefficient (Wildman–Crippen LogP) is 4.35. The number of fused-ring (bicyclic) bond motifs is 3. The zero-order chi connectivity index (χ0) is 16.7. The minimum absolute atomic E-state index is 1.03. The summed E-state index contributed by atoms with van der Waals surface area (Å²) < 4.78 is 2.40. The van der Waals surface area contributed by atoms with Crippen molar-refractivity contribution in [3.63, 3.8) is 0 Å². The minimum atomic E-state index is 1.03. The quantitative estimate of drug-likeness (QED) is 0.700.